The van der Waals surface area contributed by atoms with Gasteiger partial charge >= 0.3 is 5.97 Å². The standard InChI is InChI=1S/C16H16N2O2/c17-15-10-12(8-9-18-15)16(19)20-14-7-3-5-11-4-1-2-6-13(11)14/h1-2,4,6,8-10,14H,3,5,7H2,(H2,17,18). The molecule has 102 valence electrons. The lowest BCUT2D eigenvalue weighted by molar-refractivity contribution is 0.0256. The molecule has 1 aliphatic rings. The zero-order valence-corrected chi connectivity index (χ0v) is 11.1. The molecule has 0 spiro atoms. The highest BCUT2D eigenvalue weighted by molar-refractivity contribution is 5.90. The van der Waals surface area contributed by atoms with E-state index >= 15 is 0 Å². The second-order valence-corrected chi connectivity index (χ2v) is 4.95. The molecule has 0 saturated heterocycles. The van der Waals surface area contributed by atoms with Crippen LogP contribution in [0, 0.1) is 0 Å². The maximum absolute atomic E-state index is 12.2. The smallest absolute Gasteiger partial charge is 0.338 e. The molecular weight excluding hydrogens is 252 g/mol. The van der Waals surface area contributed by atoms with Gasteiger partial charge < -0.3 is 10.5 Å². The third-order valence-corrected chi connectivity index (χ3v) is 3.58. The molecule has 1 unspecified atom stereocenters. The summed E-state index contributed by atoms with van der Waals surface area (Å²) in [5, 5.41) is 0. The Balaban J connectivity index is 1.81. The van der Waals surface area contributed by atoms with E-state index in [2.05, 4.69) is 11.1 Å². The molecule has 0 bridgehead atoms. The molecule has 20 heavy (non-hydrogen) atoms. The van der Waals surface area contributed by atoms with Gasteiger partial charge in [-0.15, -0.1) is 0 Å². The first-order valence-electron chi connectivity index (χ1n) is 6.74. The van der Waals surface area contributed by atoms with Gasteiger partial charge in [0.25, 0.3) is 0 Å². The van der Waals surface area contributed by atoms with E-state index in [4.69, 9.17) is 10.5 Å². The predicted octanol–water partition coefficient (Wildman–Crippen LogP) is 2.90. The number of ether oxygens (including phenoxy) is 1. The van der Waals surface area contributed by atoms with E-state index in [1.54, 1.807) is 6.07 Å². The highest BCUT2D eigenvalue weighted by Gasteiger charge is 2.23. The van der Waals surface area contributed by atoms with E-state index in [-0.39, 0.29) is 12.1 Å². The number of hydrogen-bond acceptors (Lipinski definition) is 4. The summed E-state index contributed by atoms with van der Waals surface area (Å²) in [4.78, 5) is 16.0. The number of rotatable bonds is 2. The van der Waals surface area contributed by atoms with Crippen LogP contribution in [0.1, 0.15) is 40.4 Å². The SMILES string of the molecule is Nc1cc(C(=O)OC2CCCc3ccccc32)ccn1. The number of carbonyl (C=O) groups is 1. The average Bonchev–Trinajstić information content (AvgIpc) is 2.47. The van der Waals surface area contributed by atoms with Crippen molar-refractivity contribution in [3.8, 4) is 0 Å². The summed E-state index contributed by atoms with van der Waals surface area (Å²) in [6.45, 7) is 0. The van der Waals surface area contributed by atoms with E-state index in [1.807, 2.05) is 18.2 Å². The number of anilines is 1. The van der Waals surface area contributed by atoms with Crippen molar-refractivity contribution in [2.45, 2.75) is 25.4 Å². The molecule has 0 radical (unpaired) electrons. The van der Waals surface area contributed by atoms with E-state index in [1.165, 1.54) is 17.8 Å². The fourth-order valence-corrected chi connectivity index (χ4v) is 2.60. The van der Waals surface area contributed by atoms with Crippen molar-refractivity contribution in [1.29, 1.82) is 0 Å². The Morgan fingerprint density at radius 3 is 3.00 bits per heavy atom. The molecule has 0 amide bonds. The van der Waals surface area contributed by atoms with Gasteiger partial charge in [0, 0.05) is 6.20 Å². The zero-order valence-electron chi connectivity index (χ0n) is 11.1. The van der Waals surface area contributed by atoms with Crippen LogP contribution >= 0.6 is 0 Å². The molecule has 1 aromatic carbocycles. The summed E-state index contributed by atoms with van der Waals surface area (Å²) in [6, 6.07) is 11.3. The van der Waals surface area contributed by atoms with Crippen LogP contribution < -0.4 is 5.73 Å². The second-order valence-electron chi connectivity index (χ2n) is 4.95. The van der Waals surface area contributed by atoms with Crippen LogP contribution in [0.25, 0.3) is 0 Å². The molecule has 1 aliphatic carbocycles. The fraction of sp³-hybridized carbons (Fsp3) is 0.250. The van der Waals surface area contributed by atoms with Crippen molar-refractivity contribution >= 4 is 11.8 Å². The number of fused-ring (bicyclic) bond motifs is 1. The third-order valence-electron chi connectivity index (χ3n) is 3.58. The molecule has 0 saturated carbocycles. The zero-order chi connectivity index (χ0) is 13.9. The van der Waals surface area contributed by atoms with Crippen LogP contribution in [0.2, 0.25) is 0 Å². The molecule has 4 nitrogen and oxygen atoms in total. The lowest BCUT2D eigenvalue weighted by Gasteiger charge is -2.25. The number of nitrogen functional groups attached to an aromatic ring is 1. The number of hydrogen-bond donors (Lipinski definition) is 1. The summed E-state index contributed by atoms with van der Waals surface area (Å²) in [6.07, 6.45) is 4.30. The van der Waals surface area contributed by atoms with Crippen LogP contribution in [0.4, 0.5) is 5.82 Å². The van der Waals surface area contributed by atoms with Gasteiger partial charge in [0.05, 0.1) is 5.56 Å². The van der Waals surface area contributed by atoms with Gasteiger partial charge in [-0.05, 0) is 42.5 Å². The van der Waals surface area contributed by atoms with E-state index in [0.717, 1.165) is 24.8 Å². The lowest BCUT2D eigenvalue weighted by Crippen LogP contribution is -2.17. The molecular formula is C16H16N2O2. The van der Waals surface area contributed by atoms with Crippen LogP contribution in [0.5, 0.6) is 0 Å². The molecule has 2 N–H and O–H groups in total. The molecule has 3 rings (SSSR count). The van der Waals surface area contributed by atoms with Gasteiger partial charge in [-0.3, -0.25) is 0 Å². The maximum Gasteiger partial charge on any atom is 0.338 e. The van der Waals surface area contributed by atoms with Gasteiger partial charge in [-0.2, -0.15) is 0 Å². The van der Waals surface area contributed by atoms with Crippen molar-refractivity contribution in [2.75, 3.05) is 5.73 Å². The van der Waals surface area contributed by atoms with Crippen LogP contribution in [0.3, 0.4) is 0 Å². The minimum Gasteiger partial charge on any atom is -0.454 e. The Bertz CT molecular complexity index is 640. The highest BCUT2D eigenvalue weighted by Crippen LogP contribution is 2.32. The summed E-state index contributed by atoms with van der Waals surface area (Å²) in [5.74, 6) is -0.0238. The molecule has 0 aliphatic heterocycles. The number of aryl methyl sites for hydroxylation is 1. The first-order chi connectivity index (χ1) is 9.74. The molecule has 2 aromatic rings. The number of nitrogens with two attached hydrogens (primary N) is 1. The van der Waals surface area contributed by atoms with Gasteiger partial charge in [0.15, 0.2) is 0 Å². The first kappa shape index (κ1) is 12.7. The van der Waals surface area contributed by atoms with Crippen molar-refractivity contribution in [3.05, 3.63) is 59.3 Å². The lowest BCUT2D eigenvalue weighted by atomic mass is 9.89. The number of benzene rings is 1. The monoisotopic (exact) mass is 268 g/mol. The quantitative estimate of drug-likeness (QED) is 0.850. The molecule has 0 fully saturated rings. The third kappa shape index (κ3) is 2.50. The van der Waals surface area contributed by atoms with Gasteiger partial charge in [-0.1, -0.05) is 24.3 Å². The van der Waals surface area contributed by atoms with Crippen molar-refractivity contribution in [3.63, 3.8) is 0 Å². The Hall–Kier alpha value is -2.36. The molecule has 1 aromatic heterocycles. The topological polar surface area (TPSA) is 65.2 Å². The summed E-state index contributed by atoms with van der Waals surface area (Å²) < 4.78 is 5.64. The Morgan fingerprint density at radius 2 is 2.15 bits per heavy atom. The summed E-state index contributed by atoms with van der Waals surface area (Å²) in [7, 11) is 0. The molecule has 4 heteroatoms. The van der Waals surface area contributed by atoms with Gasteiger partial charge in [-0.25, -0.2) is 9.78 Å². The summed E-state index contributed by atoms with van der Waals surface area (Å²) >= 11 is 0. The van der Waals surface area contributed by atoms with Gasteiger partial charge in [0.1, 0.15) is 11.9 Å². The van der Waals surface area contributed by atoms with Gasteiger partial charge in [0.2, 0.25) is 0 Å². The highest BCUT2D eigenvalue weighted by atomic mass is 16.5. The first-order valence-corrected chi connectivity index (χ1v) is 6.74. The van der Waals surface area contributed by atoms with Crippen LogP contribution in [0.15, 0.2) is 42.6 Å². The van der Waals surface area contributed by atoms with E-state index in [0.29, 0.717) is 11.4 Å². The number of esters is 1. The fourth-order valence-electron chi connectivity index (χ4n) is 2.60. The molecule has 1 atom stereocenters. The second kappa shape index (κ2) is 5.33. The Kier molecular flexibility index (Phi) is 3.37. The van der Waals surface area contributed by atoms with Crippen molar-refractivity contribution in [1.82, 2.24) is 4.98 Å². The number of pyridine rings is 1. The minimum atomic E-state index is -0.346. The van der Waals surface area contributed by atoms with E-state index < -0.39 is 0 Å². The molecule has 1 heterocycles. The minimum absolute atomic E-state index is 0.165. The summed E-state index contributed by atoms with van der Waals surface area (Å²) in [5.41, 5.74) is 8.42. The van der Waals surface area contributed by atoms with Crippen LogP contribution in [-0.2, 0) is 11.2 Å². The van der Waals surface area contributed by atoms with Crippen molar-refractivity contribution in [2.24, 2.45) is 0 Å². The Labute approximate surface area is 117 Å². The van der Waals surface area contributed by atoms with Crippen molar-refractivity contribution < 1.29 is 9.53 Å². The number of aromatic nitrogens is 1. The predicted molar refractivity (Wildman–Crippen MR) is 76.2 cm³/mol. The largest absolute Gasteiger partial charge is 0.454 e. The number of carbonyl (C=O) groups excluding carboxylic acids is 1. The normalized spacial score (nSPS) is 17.3. The average molecular weight is 268 g/mol. The number of nitrogens with zero attached hydrogens (tertiary/aromatic N) is 1. The maximum atomic E-state index is 12.2. The van der Waals surface area contributed by atoms with E-state index in [9.17, 15) is 4.79 Å². The van der Waals surface area contributed by atoms with Crippen LogP contribution in [-0.4, -0.2) is 11.0 Å². The Morgan fingerprint density at radius 1 is 1.30 bits per heavy atom.